The van der Waals surface area contributed by atoms with Crippen LogP contribution in [-0.2, 0) is 6.54 Å². The number of benzene rings is 1. The molecule has 16 heavy (non-hydrogen) atoms. The van der Waals surface area contributed by atoms with Crippen LogP contribution in [0.1, 0.15) is 5.56 Å². The fraction of sp³-hybridized carbons (Fsp3) is 0.250. The standard InChI is InChI=1S/C12H16N4/c1-15(2)9-10-3-5-11(6-4-10)16-8-7-12(13)14-16/h3-8H,9H2,1-2H3,(H2,13,14). The Morgan fingerprint density at radius 1 is 1.19 bits per heavy atom. The van der Waals surface area contributed by atoms with Gasteiger partial charge in [0.15, 0.2) is 0 Å². The number of aromatic nitrogens is 2. The average Bonchev–Trinajstić information content (AvgIpc) is 2.65. The number of hydrogen-bond acceptors (Lipinski definition) is 3. The number of nitrogens with two attached hydrogens (primary N) is 1. The molecule has 84 valence electrons. The van der Waals surface area contributed by atoms with Crippen LogP contribution in [0.25, 0.3) is 5.69 Å². The van der Waals surface area contributed by atoms with Crippen LogP contribution in [-0.4, -0.2) is 28.8 Å². The Labute approximate surface area is 95.3 Å². The summed E-state index contributed by atoms with van der Waals surface area (Å²) in [7, 11) is 4.12. The minimum Gasteiger partial charge on any atom is -0.382 e. The lowest BCUT2D eigenvalue weighted by Crippen LogP contribution is -2.10. The second-order valence-electron chi connectivity index (χ2n) is 4.09. The summed E-state index contributed by atoms with van der Waals surface area (Å²) in [5.74, 6) is 0.539. The van der Waals surface area contributed by atoms with Crippen molar-refractivity contribution in [2.75, 3.05) is 19.8 Å². The first-order valence-corrected chi connectivity index (χ1v) is 5.20. The van der Waals surface area contributed by atoms with Crippen LogP contribution in [0.2, 0.25) is 0 Å². The summed E-state index contributed by atoms with van der Waals surface area (Å²) in [6.45, 7) is 0.946. The first-order chi connectivity index (χ1) is 7.65. The summed E-state index contributed by atoms with van der Waals surface area (Å²) in [5.41, 5.74) is 7.89. The fourth-order valence-corrected chi connectivity index (χ4v) is 1.60. The highest BCUT2D eigenvalue weighted by atomic mass is 15.3. The lowest BCUT2D eigenvalue weighted by Gasteiger charge is -2.10. The molecule has 0 radical (unpaired) electrons. The van der Waals surface area contributed by atoms with Crippen molar-refractivity contribution in [2.45, 2.75) is 6.54 Å². The SMILES string of the molecule is CN(C)Cc1ccc(-n2ccc(N)n2)cc1. The molecule has 0 fully saturated rings. The van der Waals surface area contributed by atoms with E-state index in [4.69, 9.17) is 5.73 Å². The van der Waals surface area contributed by atoms with Crippen LogP contribution < -0.4 is 5.73 Å². The molecule has 1 aromatic carbocycles. The molecule has 2 rings (SSSR count). The first-order valence-electron chi connectivity index (χ1n) is 5.20. The zero-order valence-electron chi connectivity index (χ0n) is 9.59. The van der Waals surface area contributed by atoms with Crippen LogP contribution in [0.4, 0.5) is 5.82 Å². The third-order valence-electron chi connectivity index (χ3n) is 2.31. The Bertz CT molecular complexity index is 456. The summed E-state index contributed by atoms with van der Waals surface area (Å²) in [6.07, 6.45) is 1.86. The highest BCUT2D eigenvalue weighted by Crippen LogP contribution is 2.11. The molecule has 4 heteroatoms. The summed E-state index contributed by atoms with van der Waals surface area (Å²) in [4.78, 5) is 2.14. The summed E-state index contributed by atoms with van der Waals surface area (Å²) in [5, 5.41) is 4.16. The molecule has 0 bridgehead atoms. The molecule has 0 aliphatic carbocycles. The van der Waals surface area contributed by atoms with E-state index < -0.39 is 0 Å². The van der Waals surface area contributed by atoms with Gasteiger partial charge < -0.3 is 10.6 Å². The van der Waals surface area contributed by atoms with Crippen molar-refractivity contribution < 1.29 is 0 Å². The Kier molecular flexibility index (Phi) is 2.92. The maximum absolute atomic E-state index is 5.57. The summed E-state index contributed by atoms with van der Waals surface area (Å²) >= 11 is 0. The molecule has 2 aromatic rings. The van der Waals surface area contributed by atoms with E-state index in [9.17, 15) is 0 Å². The Morgan fingerprint density at radius 2 is 1.88 bits per heavy atom. The molecule has 4 nitrogen and oxygen atoms in total. The van der Waals surface area contributed by atoms with Crippen molar-refractivity contribution >= 4 is 5.82 Å². The highest BCUT2D eigenvalue weighted by Gasteiger charge is 1.99. The van der Waals surface area contributed by atoms with E-state index in [0.717, 1.165) is 12.2 Å². The molecule has 0 aliphatic heterocycles. The van der Waals surface area contributed by atoms with Gasteiger partial charge in [-0.05, 0) is 31.8 Å². The molecular formula is C12H16N4. The van der Waals surface area contributed by atoms with Gasteiger partial charge in [0.2, 0.25) is 0 Å². The van der Waals surface area contributed by atoms with E-state index in [1.165, 1.54) is 5.56 Å². The van der Waals surface area contributed by atoms with Crippen molar-refractivity contribution in [3.8, 4) is 5.69 Å². The lowest BCUT2D eigenvalue weighted by molar-refractivity contribution is 0.402. The van der Waals surface area contributed by atoms with E-state index in [1.807, 2.05) is 18.3 Å². The van der Waals surface area contributed by atoms with Crippen molar-refractivity contribution in [1.82, 2.24) is 14.7 Å². The number of nitrogen functional groups attached to an aromatic ring is 1. The van der Waals surface area contributed by atoms with Crippen molar-refractivity contribution in [3.05, 3.63) is 42.1 Å². The first kappa shape index (κ1) is 10.7. The van der Waals surface area contributed by atoms with Crippen molar-refractivity contribution in [2.24, 2.45) is 0 Å². The van der Waals surface area contributed by atoms with E-state index in [-0.39, 0.29) is 0 Å². The predicted octanol–water partition coefficient (Wildman–Crippen LogP) is 1.52. The molecule has 0 saturated heterocycles. The fourth-order valence-electron chi connectivity index (χ4n) is 1.60. The molecule has 0 atom stereocenters. The van der Waals surface area contributed by atoms with E-state index in [0.29, 0.717) is 5.82 Å². The Hall–Kier alpha value is -1.81. The molecule has 0 aliphatic rings. The minimum absolute atomic E-state index is 0.539. The van der Waals surface area contributed by atoms with Gasteiger partial charge in [-0.25, -0.2) is 4.68 Å². The zero-order chi connectivity index (χ0) is 11.5. The van der Waals surface area contributed by atoms with E-state index in [1.54, 1.807) is 10.7 Å². The Balaban J connectivity index is 2.19. The second-order valence-corrected chi connectivity index (χ2v) is 4.09. The lowest BCUT2D eigenvalue weighted by atomic mass is 10.2. The van der Waals surface area contributed by atoms with Crippen molar-refractivity contribution in [3.63, 3.8) is 0 Å². The average molecular weight is 216 g/mol. The number of rotatable bonds is 3. The maximum Gasteiger partial charge on any atom is 0.145 e. The van der Waals surface area contributed by atoms with Gasteiger partial charge in [0.1, 0.15) is 5.82 Å². The van der Waals surface area contributed by atoms with Gasteiger partial charge >= 0.3 is 0 Å². The summed E-state index contributed by atoms with van der Waals surface area (Å²) in [6, 6.07) is 10.1. The third kappa shape index (κ3) is 2.41. The van der Waals surface area contributed by atoms with Gasteiger partial charge in [-0.1, -0.05) is 12.1 Å². The Morgan fingerprint density at radius 3 is 2.38 bits per heavy atom. The molecule has 2 N–H and O–H groups in total. The van der Waals surface area contributed by atoms with E-state index >= 15 is 0 Å². The largest absolute Gasteiger partial charge is 0.382 e. The molecule has 1 aromatic heterocycles. The monoisotopic (exact) mass is 216 g/mol. The van der Waals surface area contributed by atoms with Crippen LogP contribution in [0.15, 0.2) is 36.5 Å². The normalized spacial score (nSPS) is 10.9. The molecule has 0 spiro atoms. The smallest absolute Gasteiger partial charge is 0.145 e. The highest BCUT2D eigenvalue weighted by molar-refractivity contribution is 5.36. The van der Waals surface area contributed by atoms with Gasteiger partial charge in [0.25, 0.3) is 0 Å². The summed E-state index contributed by atoms with van der Waals surface area (Å²) < 4.78 is 1.77. The van der Waals surface area contributed by atoms with Gasteiger partial charge in [-0.2, -0.15) is 5.10 Å². The molecule has 1 heterocycles. The predicted molar refractivity (Wildman–Crippen MR) is 65.4 cm³/mol. The van der Waals surface area contributed by atoms with Crippen LogP contribution in [0, 0.1) is 0 Å². The third-order valence-corrected chi connectivity index (χ3v) is 2.31. The van der Waals surface area contributed by atoms with Gasteiger partial charge in [-0.15, -0.1) is 0 Å². The van der Waals surface area contributed by atoms with Crippen molar-refractivity contribution in [1.29, 1.82) is 0 Å². The molecule has 0 amide bonds. The maximum atomic E-state index is 5.57. The van der Waals surface area contributed by atoms with Crippen LogP contribution in [0.3, 0.4) is 0 Å². The van der Waals surface area contributed by atoms with Gasteiger partial charge in [0, 0.05) is 18.8 Å². The molecular weight excluding hydrogens is 200 g/mol. The number of nitrogens with zero attached hydrogens (tertiary/aromatic N) is 3. The van der Waals surface area contributed by atoms with Gasteiger partial charge in [0.05, 0.1) is 5.69 Å². The van der Waals surface area contributed by atoms with Crippen LogP contribution >= 0.6 is 0 Å². The second kappa shape index (κ2) is 4.37. The number of hydrogen-bond donors (Lipinski definition) is 1. The van der Waals surface area contributed by atoms with Crippen LogP contribution in [0.5, 0.6) is 0 Å². The topological polar surface area (TPSA) is 47.1 Å². The molecule has 0 unspecified atom stereocenters. The number of anilines is 1. The molecule has 0 saturated carbocycles. The zero-order valence-corrected chi connectivity index (χ0v) is 9.59. The minimum atomic E-state index is 0.539. The van der Waals surface area contributed by atoms with E-state index in [2.05, 4.69) is 36.2 Å². The quantitative estimate of drug-likeness (QED) is 0.846. The van der Waals surface area contributed by atoms with Gasteiger partial charge in [-0.3, -0.25) is 0 Å².